The number of carbonyl (C=O) groups excluding carboxylic acids is 1. The Morgan fingerprint density at radius 3 is 3.04 bits per heavy atom. The van der Waals surface area contributed by atoms with Crippen LogP contribution >= 0.6 is 0 Å². The SMILES string of the molecule is Cn1ccc(C(=O)NCC2CCCN2c2cccnn2)cc1=O. The van der Waals surface area contributed by atoms with E-state index < -0.39 is 0 Å². The largest absolute Gasteiger partial charge is 0.350 e. The highest BCUT2D eigenvalue weighted by Crippen LogP contribution is 2.22. The van der Waals surface area contributed by atoms with E-state index in [2.05, 4.69) is 20.4 Å². The van der Waals surface area contributed by atoms with Crippen molar-refractivity contribution in [1.82, 2.24) is 20.1 Å². The fourth-order valence-corrected chi connectivity index (χ4v) is 2.80. The van der Waals surface area contributed by atoms with Crippen LogP contribution in [0.5, 0.6) is 0 Å². The van der Waals surface area contributed by atoms with E-state index in [9.17, 15) is 9.59 Å². The first kappa shape index (κ1) is 15.2. The van der Waals surface area contributed by atoms with Gasteiger partial charge in [0.2, 0.25) is 0 Å². The predicted octanol–water partition coefficient (Wildman–Crippen LogP) is 0.574. The summed E-state index contributed by atoms with van der Waals surface area (Å²) in [5, 5.41) is 11.0. The van der Waals surface area contributed by atoms with Gasteiger partial charge in [-0.2, -0.15) is 5.10 Å². The lowest BCUT2D eigenvalue weighted by atomic mass is 10.2. The number of hydrogen-bond donors (Lipinski definition) is 1. The first-order chi connectivity index (χ1) is 11.1. The second-order valence-corrected chi connectivity index (χ2v) is 5.65. The maximum Gasteiger partial charge on any atom is 0.251 e. The van der Waals surface area contributed by atoms with Crippen molar-refractivity contribution in [3.8, 4) is 0 Å². The number of nitrogens with one attached hydrogen (secondary N) is 1. The summed E-state index contributed by atoms with van der Waals surface area (Å²) in [6.45, 7) is 1.43. The zero-order valence-electron chi connectivity index (χ0n) is 13.0. The maximum absolute atomic E-state index is 12.2. The van der Waals surface area contributed by atoms with Gasteiger partial charge in [-0.25, -0.2) is 0 Å². The quantitative estimate of drug-likeness (QED) is 0.893. The maximum atomic E-state index is 12.2. The molecule has 1 unspecified atom stereocenters. The summed E-state index contributed by atoms with van der Waals surface area (Å²) in [4.78, 5) is 26.0. The number of pyridine rings is 1. The summed E-state index contributed by atoms with van der Waals surface area (Å²) in [6, 6.07) is 6.97. The molecule has 0 aromatic carbocycles. The summed E-state index contributed by atoms with van der Waals surface area (Å²) in [6.07, 6.45) is 5.29. The lowest BCUT2D eigenvalue weighted by Gasteiger charge is -2.25. The fourth-order valence-electron chi connectivity index (χ4n) is 2.80. The molecular weight excluding hydrogens is 294 g/mol. The van der Waals surface area contributed by atoms with Gasteiger partial charge in [0.15, 0.2) is 5.82 Å². The molecule has 0 saturated carbocycles. The van der Waals surface area contributed by atoms with Gasteiger partial charge in [0, 0.05) is 50.2 Å². The minimum atomic E-state index is -0.228. The van der Waals surface area contributed by atoms with E-state index in [1.807, 2.05) is 12.1 Å². The van der Waals surface area contributed by atoms with Crippen molar-refractivity contribution in [2.75, 3.05) is 18.0 Å². The van der Waals surface area contributed by atoms with Crippen LogP contribution in [0.25, 0.3) is 0 Å². The third-order valence-corrected chi connectivity index (χ3v) is 4.09. The number of nitrogens with zero attached hydrogens (tertiary/aromatic N) is 4. The average molecular weight is 313 g/mol. The average Bonchev–Trinajstić information content (AvgIpc) is 3.04. The first-order valence-electron chi connectivity index (χ1n) is 7.64. The summed E-state index contributed by atoms with van der Waals surface area (Å²) in [7, 11) is 1.65. The molecule has 1 N–H and O–H groups in total. The van der Waals surface area contributed by atoms with Crippen molar-refractivity contribution >= 4 is 11.7 Å². The zero-order valence-corrected chi connectivity index (χ0v) is 13.0. The van der Waals surface area contributed by atoms with Crippen LogP contribution in [-0.4, -0.2) is 39.8 Å². The van der Waals surface area contributed by atoms with Gasteiger partial charge in [0.1, 0.15) is 0 Å². The van der Waals surface area contributed by atoms with E-state index in [-0.39, 0.29) is 17.5 Å². The Morgan fingerprint density at radius 2 is 2.30 bits per heavy atom. The van der Waals surface area contributed by atoms with E-state index in [0.29, 0.717) is 12.1 Å². The monoisotopic (exact) mass is 313 g/mol. The molecule has 1 aliphatic rings. The molecule has 1 fully saturated rings. The van der Waals surface area contributed by atoms with Crippen molar-refractivity contribution in [1.29, 1.82) is 0 Å². The number of amides is 1. The third kappa shape index (κ3) is 3.39. The molecule has 0 radical (unpaired) electrons. The molecule has 0 bridgehead atoms. The van der Waals surface area contributed by atoms with Gasteiger partial charge in [0.25, 0.3) is 11.5 Å². The van der Waals surface area contributed by atoms with Crippen LogP contribution in [0.2, 0.25) is 0 Å². The Bertz CT molecular complexity index is 744. The second kappa shape index (κ2) is 6.60. The molecule has 0 spiro atoms. The van der Waals surface area contributed by atoms with Gasteiger partial charge in [0.05, 0.1) is 0 Å². The fraction of sp³-hybridized carbons (Fsp3) is 0.375. The van der Waals surface area contributed by atoms with Gasteiger partial charge in [-0.05, 0) is 31.0 Å². The summed E-state index contributed by atoms with van der Waals surface area (Å²) < 4.78 is 1.43. The minimum Gasteiger partial charge on any atom is -0.350 e. The van der Waals surface area contributed by atoms with E-state index in [1.165, 1.54) is 10.6 Å². The molecule has 3 heterocycles. The number of aromatic nitrogens is 3. The molecule has 0 aliphatic carbocycles. The number of aryl methyl sites for hydroxylation is 1. The van der Waals surface area contributed by atoms with Gasteiger partial charge in [-0.15, -0.1) is 5.10 Å². The van der Waals surface area contributed by atoms with Crippen molar-refractivity contribution in [2.45, 2.75) is 18.9 Å². The molecule has 2 aromatic heterocycles. The third-order valence-electron chi connectivity index (χ3n) is 4.09. The van der Waals surface area contributed by atoms with E-state index in [4.69, 9.17) is 0 Å². The normalized spacial score (nSPS) is 17.3. The number of anilines is 1. The predicted molar refractivity (Wildman–Crippen MR) is 86.4 cm³/mol. The van der Waals surface area contributed by atoms with E-state index in [0.717, 1.165) is 25.2 Å². The lowest BCUT2D eigenvalue weighted by molar-refractivity contribution is 0.0951. The van der Waals surface area contributed by atoms with Crippen molar-refractivity contribution in [2.24, 2.45) is 7.05 Å². The van der Waals surface area contributed by atoms with E-state index in [1.54, 1.807) is 25.5 Å². The van der Waals surface area contributed by atoms with Crippen molar-refractivity contribution in [3.63, 3.8) is 0 Å². The van der Waals surface area contributed by atoms with Crippen LogP contribution in [-0.2, 0) is 7.05 Å². The van der Waals surface area contributed by atoms with Crippen LogP contribution in [0, 0.1) is 0 Å². The van der Waals surface area contributed by atoms with Gasteiger partial charge < -0.3 is 14.8 Å². The standard InChI is InChI=1S/C16H19N5O2/c1-20-9-6-12(10-15(20)22)16(23)17-11-13-4-3-8-21(13)14-5-2-7-18-19-14/h2,5-7,9-10,13H,3-4,8,11H2,1H3,(H,17,23). The molecule has 7 heteroatoms. The minimum absolute atomic E-state index is 0.195. The van der Waals surface area contributed by atoms with Crippen molar-refractivity contribution < 1.29 is 4.79 Å². The molecule has 3 rings (SSSR count). The highest BCUT2D eigenvalue weighted by atomic mass is 16.2. The Labute approximate surface area is 134 Å². The zero-order chi connectivity index (χ0) is 16.2. The summed E-state index contributed by atoms with van der Waals surface area (Å²) in [5.74, 6) is 0.603. The number of rotatable bonds is 4. The number of hydrogen-bond acceptors (Lipinski definition) is 5. The topological polar surface area (TPSA) is 80.1 Å². The summed E-state index contributed by atoms with van der Waals surface area (Å²) in [5.41, 5.74) is 0.192. The summed E-state index contributed by atoms with van der Waals surface area (Å²) >= 11 is 0. The van der Waals surface area contributed by atoms with Crippen molar-refractivity contribution in [3.05, 3.63) is 52.6 Å². The highest BCUT2D eigenvalue weighted by molar-refractivity contribution is 5.94. The molecule has 23 heavy (non-hydrogen) atoms. The second-order valence-electron chi connectivity index (χ2n) is 5.65. The molecule has 1 atom stereocenters. The van der Waals surface area contributed by atoms with Crippen LogP contribution in [0.1, 0.15) is 23.2 Å². The van der Waals surface area contributed by atoms with Gasteiger partial charge >= 0.3 is 0 Å². The highest BCUT2D eigenvalue weighted by Gasteiger charge is 2.26. The number of carbonyl (C=O) groups is 1. The molecule has 2 aromatic rings. The van der Waals surface area contributed by atoms with Crippen LogP contribution < -0.4 is 15.8 Å². The Hall–Kier alpha value is -2.70. The lowest BCUT2D eigenvalue weighted by Crippen LogP contribution is -2.40. The van der Waals surface area contributed by atoms with E-state index >= 15 is 0 Å². The van der Waals surface area contributed by atoms with Crippen LogP contribution in [0.15, 0.2) is 41.5 Å². The van der Waals surface area contributed by atoms with Gasteiger partial charge in [-0.1, -0.05) is 0 Å². The molecule has 1 amide bonds. The van der Waals surface area contributed by atoms with Gasteiger partial charge in [-0.3, -0.25) is 9.59 Å². The Morgan fingerprint density at radius 1 is 1.43 bits per heavy atom. The smallest absolute Gasteiger partial charge is 0.251 e. The molecule has 1 saturated heterocycles. The molecular formula is C16H19N5O2. The molecule has 1 aliphatic heterocycles. The Kier molecular flexibility index (Phi) is 4.36. The molecule has 120 valence electrons. The first-order valence-corrected chi connectivity index (χ1v) is 7.64. The van der Waals surface area contributed by atoms with Crippen LogP contribution in [0.3, 0.4) is 0 Å². The Balaban J connectivity index is 1.64. The van der Waals surface area contributed by atoms with Crippen LogP contribution in [0.4, 0.5) is 5.82 Å². The molecule has 7 nitrogen and oxygen atoms in total.